The van der Waals surface area contributed by atoms with Crippen molar-refractivity contribution in [3.63, 3.8) is 0 Å². The second-order valence-electron chi connectivity index (χ2n) is 4.07. The molecule has 0 amide bonds. The first-order valence-electron chi connectivity index (χ1n) is 5.48. The summed E-state index contributed by atoms with van der Waals surface area (Å²) >= 11 is 0. The van der Waals surface area contributed by atoms with Crippen molar-refractivity contribution in [2.45, 2.75) is 32.3 Å². The van der Waals surface area contributed by atoms with Gasteiger partial charge in [-0.25, -0.2) is 0 Å². The minimum atomic E-state index is -0.278. The van der Waals surface area contributed by atoms with Gasteiger partial charge in [0.25, 0.3) is 0 Å². The smallest absolute Gasteiger partial charge is 0.0824 e. The van der Waals surface area contributed by atoms with Gasteiger partial charge in [-0.2, -0.15) is 0 Å². The molecule has 0 heterocycles. The minimum absolute atomic E-state index is 0.278. The summed E-state index contributed by atoms with van der Waals surface area (Å²) in [6.45, 7) is 1.86. The van der Waals surface area contributed by atoms with E-state index in [0.717, 1.165) is 24.8 Å². The quantitative estimate of drug-likeness (QED) is 0.728. The Bertz CT molecular complexity index is 397. The van der Waals surface area contributed by atoms with Crippen molar-refractivity contribution in [3.05, 3.63) is 35.4 Å². The lowest BCUT2D eigenvalue weighted by molar-refractivity contribution is 0.119. The highest BCUT2D eigenvalue weighted by molar-refractivity contribution is 5.34. The third kappa shape index (κ3) is 2.06. The molecule has 15 heavy (non-hydrogen) atoms. The molecule has 0 spiro atoms. The predicted octanol–water partition coefficient (Wildman–Crippen LogP) is 2.70. The van der Waals surface area contributed by atoms with Crippen molar-refractivity contribution in [2.24, 2.45) is 5.92 Å². The van der Waals surface area contributed by atoms with Gasteiger partial charge in [-0.3, -0.25) is 0 Å². The Kier molecular flexibility index (Phi) is 3.08. The Morgan fingerprint density at radius 1 is 1.40 bits per heavy atom. The maximum Gasteiger partial charge on any atom is 0.0824 e. The minimum Gasteiger partial charge on any atom is -0.388 e. The second kappa shape index (κ2) is 4.51. The van der Waals surface area contributed by atoms with Gasteiger partial charge in [-0.1, -0.05) is 24.3 Å². The fraction of sp³-hybridized carbons (Fsp3) is 0.429. The van der Waals surface area contributed by atoms with E-state index in [-0.39, 0.29) is 6.10 Å². The van der Waals surface area contributed by atoms with Crippen LogP contribution in [0.15, 0.2) is 24.3 Å². The van der Waals surface area contributed by atoms with E-state index < -0.39 is 0 Å². The molecule has 0 aliphatic heterocycles. The summed E-state index contributed by atoms with van der Waals surface area (Å²) < 4.78 is 0. The Labute approximate surface area is 91.1 Å². The molecule has 2 unspecified atom stereocenters. The molecule has 1 nitrogen and oxygen atoms in total. The van der Waals surface area contributed by atoms with Gasteiger partial charge in [-0.15, -0.1) is 11.8 Å². The van der Waals surface area contributed by atoms with Gasteiger partial charge in [-0.05, 0) is 36.8 Å². The van der Waals surface area contributed by atoms with E-state index in [9.17, 15) is 5.11 Å². The summed E-state index contributed by atoms with van der Waals surface area (Å²) in [7, 11) is 0. The molecule has 0 fully saturated rings. The van der Waals surface area contributed by atoms with Crippen LogP contribution in [0.1, 0.15) is 37.0 Å². The number of aliphatic hydroxyl groups is 1. The highest BCUT2D eigenvalue weighted by Gasteiger charge is 2.29. The number of fused-ring (bicyclic) bond motifs is 1. The normalized spacial score (nSPS) is 23.1. The number of rotatable bonds is 2. The summed E-state index contributed by atoms with van der Waals surface area (Å²) in [5.74, 6) is 6.32. The molecule has 1 aromatic carbocycles. The second-order valence-corrected chi connectivity index (χ2v) is 4.07. The molecule has 0 radical (unpaired) electrons. The van der Waals surface area contributed by atoms with Crippen LogP contribution in [0.4, 0.5) is 0 Å². The Hall–Kier alpha value is -1.26. The maximum absolute atomic E-state index is 10.1. The van der Waals surface area contributed by atoms with Crippen molar-refractivity contribution in [1.29, 1.82) is 0 Å². The van der Waals surface area contributed by atoms with Crippen LogP contribution in [0.5, 0.6) is 0 Å². The first-order chi connectivity index (χ1) is 7.33. The average Bonchev–Trinajstić information content (AvgIpc) is 2.57. The van der Waals surface area contributed by atoms with E-state index in [2.05, 4.69) is 17.9 Å². The van der Waals surface area contributed by atoms with Crippen LogP contribution < -0.4 is 0 Å². The topological polar surface area (TPSA) is 20.2 Å². The SMILES string of the molecule is CC#CCCC1Cc2ccccc2C1O. The van der Waals surface area contributed by atoms with E-state index in [1.807, 2.05) is 25.1 Å². The van der Waals surface area contributed by atoms with E-state index in [4.69, 9.17) is 0 Å². The van der Waals surface area contributed by atoms with Crippen molar-refractivity contribution in [1.82, 2.24) is 0 Å². The molecular formula is C14H16O. The highest BCUT2D eigenvalue weighted by Crippen LogP contribution is 2.37. The van der Waals surface area contributed by atoms with Gasteiger partial charge in [0.1, 0.15) is 0 Å². The van der Waals surface area contributed by atoms with Crippen LogP contribution in [-0.4, -0.2) is 5.11 Å². The summed E-state index contributed by atoms with van der Waals surface area (Å²) in [6.07, 6.45) is 2.62. The Balaban J connectivity index is 2.05. The van der Waals surface area contributed by atoms with Gasteiger partial charge < -0.3 is 5.11 Å². The first kappa shape index (κ1) is 10.3. The molecule has 0 saturated carbocycles. The van der Waals surface area contributed by atoms with E-state index in [0.29, 0.717) is 5.92 Å². The first-order valence-corrected chi connectivity index (χ1v) is 5.48. The number of hydrogen-bond donors (Lipinski definition) is 1. The number of aliphatic hydroxyl groups excluding tert-OH is 1. The summed E-state index contributed by atoms with van der Waals surface area (Å²) in [4.78, 5) is 0. The Morgan fingerprint density at radius 2 is 2.20 bits per heavy atom. The number of hydrogen-bond acceptors (Lipinski definition) is 1. The molecule has 1 N–H and O–H groups in total. The fourth-order valence-electron chi connectivity index (χ4n) is 2.30. The summed E-state index contributed by atoms with van der Waals surface area (Å²) in [5, 5.41) is 10.1. The zero-order valence-corrected chi connectivity index (χ0v) is 9.03. The van der Waals surface area contributed by atoms with Crippen LogP contribution in [0, 0.1) is 17.8 Å². The van der Waals surface area contributed by atoms with Crippen LogP contribution in [0.25, 0.3) is 0 Å². The molecule has 0 saturated heterocycles. The van der Waals surface area contributed by atoms with Gasteiger partial charge >= 0.3 is 0 Å². The largest absolute Gasteiger partial charge is 0.388 e. The molecule has 1 aliphatic carbocycles. The molecule has 1 aromatic rings. The van der Waals surface area contributed by atoms with Crippen LogP contribution in [0.2, 0.25) is 0 Å². The van der Waals surface area contributed by atoms with Crippen molar-refractivity contribution in [2.75, 3.05) is 0 Å². The molecule has 2 atom stereocenters. The monoisotopic (exact) mass is 200 g/mol. The molecular weight excluding hydrogens is 184 g/mol. The molecule has 0 aromatic heterocycles. The summed E-state index contributed by atoms with van der Waals surface area (Å²) in [6, 6.07) is 8.19. The lowest BCUT2D eigenvalue weighted by Crippen LogP contribution is -2.06. The third-order valence-electron chi connectivity index (χ3n) is 3.12. The molecule has 2 rings (SSSR count). The van der Waals surface area contributed by atoms with E-state index >= 15 is 0 Å². The molecule has 78 valence electrons. The molecule has 1 heteroatoms. The zero-order valence-electron chi connectivity index (χ0n) is 9.03. The predicted molar refractivity (Wildman–Crippen MR) is 61.3 cm³/mol. The lowest BCUT2D eigenvalue weighted by atomic mass is 9.98. The van der Waals surface area contributed by atoms with Gasteiger partial charge in [0.2, 0.25) is 0 Å². The number of benzene rings is 1. The summed E-state index contributed by atoms with van der Waals surface area (Å²) in [5.41, 5.74) is 2.42. The van der Waals surface area contributed by atoms with Crippen molar-refractivity contribution < 1.29 is 5.11 Å². The van der Waals surface area contributed by atoms with Gasteiger partial charge in [0.05, 0.1) is 6.10 Å². The molecule has 0 bridgehead atoms. The highest BCUT2D eigenvalue weighted by atomic mass is 16.3. The lowest BCUT2D eigenvalue weighted by Gasteiger charge is -2.12. The zero-order chi connectivity index (χ0) is 10.7. The van der Waals surface area contributed by atoms with Gasteiger partial charge in [0, 0.05) is 6.42 Å². The van der Waals surface area contributed by atoms with E-state index in [1.165, 1.54) is 5.56 Å². The van der Waals surface area contributed by atoms with Gasteiger partial charge in [0.15, 0.2) is 0 Å². The van der Waals surface area contributed by atoms with Crippen LogP contribution in [-0.2, 0) is 6.42 Å². The Morgan fingerprint density at radius 3 is 2.93 bits per heavy atom. The van der Waals surface area contributed by atoms with Crippen molar-refractivity contribution >= 4 is 0 Å². The van der Waals surface area contributed by atoms with Crippen LogP contribution in [0.3, 0.4) is 0 Å². The maximum atomic E-state index is 10.1. The third-order valence-corrected chi connectivity index (χ3v) is 3.12. The van der Waals surface area contributed by atoms with Crippen molar-refractivity contribution in [3.8, 4) is 11.8 Å². The van der Waals surface area contributed by atoms with E-state index in [1.54, 1.807) is 0 Å². The standard InChI is InChI=1S/C14H16O/c1-2-3-4-8-12-10-11-7-5-6-9-13(11)14(12)15/h5-7,9,12,14-15H,4,8,10H2,1H3. The fourth-order valence-corrected chi connectivity index (χ4v) is 2.30. The van der Waals surface area contributed by atoms with Crippen LogP contribution >= 0.6 is 0 Å². The molecule has 1 aliphatic rings. The average molecular weight is 200 g/mol.